The molecule has 0 aliphatic rings. The average Bonchev–Trinajstić information content (AvgIpc) is 2.72. The number of rotatable bonds is 8. The van der Waals surface area contributed by atoms with Gasteiger partial charge in [0.15, 0.2) is 5.89 Å². The fourth-order valence-electron chi connectivity index (χ4n) is 1.60. The first-order valence-electron chi connectivity index (χ1n) is 6.77. The standard InChI is InChI=1S/C14H26N2O2/c1-5-17-10-8-12-11-15-13(18-12)7-6-9-16-14(2,3)4/h11,16H,5-10H2,1-4H3. The Morgan fingerprint density at radius 3 is 2.78 bits per heavy atom. The van der Waals surface area contributed by atoms with Crippen molar-refractivity contribution in [1.82, 2.24) is 10.3 Å². The molecule has 0 unspecified atom stereocenters. The largest absolute Gasteiger partial charge is 0.446 e. The van der Waals surface area contributed by atoms with Gasteiger partial charge in [0.2, 0.25) is 0 Å². The Morgan fingerprint density at radius 2 is 2.11 bits per heavy atom. The minimum atomic E-state index is 0.180. The molecule has 0 aliphatic heterocycles. The van der Waals surface area contributed by atoms with E-state index in [9.17, 15) is 0 Å². The van der Waals surface area contributed by atoms with Gasteiger partial charge in [0.25, 0.3) is 0 Å². The summed E-state index contributed by atoms with van der Waals surface area (Å²) >= 11 is 0. The molecule has 1 aromatic rings. The maximum atomic E-state index is 5.64. The summed E-state index contributed by atoms with van der Waals surface area (Å²) in [5.74, 6) is 1.75. The van der Waals surface area contributed by atoms with Crippen molar-refractivity contribution in [1.29, 1.82) is 0 Å². The first-order valence-corrected chi connectivity index (χ1v) is 6.77. The predicted octanol–water partition coefficient (Wildman–Crippen LogP) is 2.57. The first kappa shape index (κ1) is 15.2. The fraction of sp³-hybridized carbons (Fsp3) is 0.786. The molecule has 0 amide bonds. The number of hydrogen-bond acceptors (Lipinski definition) is 4. The normalized spacial score (nSPS) is 12.0. The van der Waals surface area contributed by atoms with Gasteiger partial charge in [-0.05, 0) is 40.7 Å². The molecule has 1 N–H and O–H groups in total. The molecule has 0 bridgehead atoms. The van der Waals surface area contributed by atoms with Crippen LogP contribution in [-0.2, 0) is 17.6 Å². The van der Waals surface area contributed by atoms with Crippen LogP contribution >= 0.6 is 0 Å². The molecule has 4 heteroatoms. The molecule has 4 nitrogen and oxygen atoms in total. The Labute approximate surface area is 110 Å². The molecule has 0 aliphatic carbocycles. The lowest BCUT2D eigenvalue weighted by Crippen LogP contribution is -2.36. The van der Waals surface area contributed by atoms with E-state index in [1.807, 2.05) is 13.1 Å². The summed E-state index contributed by atoms with van der Waals surface area (Å²) in [6.07, 6.45) is 4.55. The minimum absolute atomic E-state index is 0.180. The summed E-state index contributed by atoms with van der Waals surface area (Å²) in [5.41, 5.74) is 0.180. The second-order valence-electron chi connectivity index (χ2n) is 5.45. The highest BCUT2D eigenvalue weighted by Crippen LogP contribution is 2.07. The summed E-state index contributed by atoms with van der Waals surface area (Å²) < 4.78 is 10.9. The van der Waals surface area contributed by atoms with E-state index in [2.05, 4.69) is 31.1 Å². The van der Waals surface area contributed by atoms with Gasteiger partial charge in [-0.2, -0.15) is 0 Å². The van der Waals surface area contributed by atoms with Gasteiger partial charge in [-0.1, -0.05) is 0 Å². The first-order chi connectivity index (χ1) is 8.51. The van der Waals surface area contributed by atoms with Crippen LogP contribution in [0.5, 0.6) is 0 Å². The van der Waals surface area contributed by atoms with Crippen LogP contribution in [0.1, 0.15) is 45.8 Å². The Bertz CT molecular complexity index is 329. The maximum absolute atomic E-state index is 5.64. The summed E-state index contributed by atoms with van der Waals surface area (Å²) in [6, 6.07) is 0. The van der Waals surface area contributed by atoms with Gasteiger partial charge in [0.1, 0.15) is 5.76 Å². The number of nitrogens with one attached hydrogen (secondary N) is 1. The third kappa shape index (κ3) is 6.77. The van der Waals surface area contributed by atoms with Crippen LogP contribution in [-0.4, -0.2) is 30.3 Å². The average molecular weight is 254 g/mol. The van der Waals surface area contributed by atoms with Crippen LogP contribution in [0.15, 0.2) is 10.6 Å². The third-order valence-electron chi connectivity index (χ3n) is 2.52. The number of hydrogen-bond donors (Lipinski definition) is 1. The minimum Gasteiger partial charge on any atom is -0.446 e. The SMILES string of the molecule is CCOCCc1cnc(CCCNC(C)(C)C)o1. The van der Waals surface area contributed by atoms with Gasteiger partial charge < -0.3 is 14.5 Å². The number of nitrogens with zero attached hydrogens (tertiary/aromatic N) is 1. The molecule has 1 aromatic heterocycles. The molecule has 0 fully saturated rings. The van der Waals surface area contributed by atoms with E-state index in [4.69, 9.17) is 9.15 Å². The number of aryl methyl sites for hydroxylation is 1. The highest BCUT2D eigenvalue weighted by molar-refractivity contribution is 4.94. The van der Waals surface area contributed by atoms with Crippen LogP contribution in [0, 0.1) is 0 Å². The van der Waals surface area contributed by atoms with Crippen LogP contribution in [0.25, 0.3) is 0 Å². The van der Waals surface area contributed by atoms with Crippen molar-refractivity contribution in [2.45, 2.75) is 52.5 Å². The molecule has 0 atom stereocenters. The van der Waals surface area contributed by atoms with Crippen molar-refractivity contribution in [3.05, 3.63) is 17.8 Å². The maximum Gasteiger partial charge on any atom is 0.194 e. The monoisotopic (exact) mass is 254 g/mol. The van der Waals surface area contributed by atoms with Gasteiger partial charge in [-0.15, -0.1) is 0 Å². The smallest absolute Gasteiger partial charge is 0.194 e. The quantitative estimate of drug-likeness (QED) is 0.724. The van der Waals surface area contributed by atoms with Crippen LogP contribution < -0.4 is 5.32 Å². The van der Waals surface area contributed by atoms with Crippen molar-refractivity contribution in [2.75, 3.05) is 19.8 Å². The molecule has 0 spiro atoms. The summed E-state index contributed by atoms with van der Waals surface area (Å²) in [4.78, 5) is 4.28. The summed E-state index contributed by atoms with van der Waals surface area (Å²) in [5, 5.41) is 3.45. The molecule has 0 saturated carbocycles. The topological polar surface area (TPSA) is 47.3 Å². The summed E-state index contributed by atoms with van der Waals surface area (Å²) in [7, 11) is 0. The zero-order valence-electron chi connectivity index (χ0n) is 12.1. The van der Waals surface area contributed by atoms with Gasteiger partial charge in [0, 0.05) is 25.0 Å². The highest BCUT2D eigenvalue weighted by Gasteiger charge is 2.08. The molecule has 18 heavy (non-hydrogen) atoms. The molecule has 0 saturated heterocycles. The molecule has 0 radical (unpaired) electrons. The van der Waals surface area contributed by atoms with E-state index in [-0.39, 0.29) is 5.54 Å². The Morgan fingerprint density at radius 1 is 1.33 bits per heavy atom. The lowest BCUT2D eigenvalue weighted by molar-refractivity contribution is 0.146. The Hall–Kier alpha value is -0.870. The Kier molecular flexibility index (Phi) is 6.36. The number of oxazole rings is 1. The van der Waals surface area contributed by atoms with Crippen LogP contribution in [0.3, 0.4) is 0 Å². The van der Waals surface area contributed by atoms with Crippen LogP contribution in [0.2, 0.25) is 0 Å². The van der Waals surface area contributed by atoms with E-state index < -0.39 is 0 Å². The van der Waals surface area contributed by atoms with E-state index in [0.717, 1.165) is 44.1 Å². The molecule has 1 rings (SSSR count). The highest BCUT2D eigenvalue weighted by atomic mass is 16.5. The third-order valence-corrected chi connectivity index (χ3v) is 2.52. The van der Waals surface area contributed by atoms with Crippen molar-refractivity contribution >= 4 is 0 Å². The fourth-order valence-corrected chi connectivity index (χ4v) is 1.60. The number of ether oxygens (including phenoxy) is 1. The Balaban J connectivity index is 2.19. The second-order valence-corrected chi connectivity index (χ2v) is 5.45. The molecule has 104 valence electrons. The molecular weight excluding hydrogens is 228 g/mol. The lowest BCUT2D eigenvalue weighted by Gasteiger charge is -2.19. The number of aromatic nitrogens is 1. The van der Waals surface area contributed by atoms with Gasteiger partial charge >= 0.3 is 0 Å². The van der Waals surface area contributed by atoms with E-state index in [1.165, 1.54) is 0 Å². The van der Waals surface area contributed by atoms with E-state index in [0.29, 0.717) is 6.61 Å². The van der Waals surface area contributed by atoms with Gasteiger partial charge in [0.05, 0.1) is 12.8 Å². The van der Waals surface area contributed by atoms with Crippen LogP contribution in [0.4, 0.5) is 0 Å². The lowest BCUT2D eigenvalue weighted by atomic mass is 10.1. The zero-order chi connectivity index (χ0) is 13.4. The zero-order valence-corrected chi connectivity index (χ0v) is 12.1. The van der Waals surface area contributed by atoms with Crippen molar-refractivity contribution in [2.24, 2.45) is 0 Å². The van der Waals surface area contributed by atoms with Crippen molar-refractivity contribution < 1.29 is 9.15 Å². The predicted molar refractivity (Wildman–Crippen MR) is 72.8 cm³/mol. The summed E-state index contributed by atoms with van der Waals surface area (Å²) in [6.45, 7) is 10.9. The molecule has 0 aromatic carbocycles. The second kappa shape index (κ2) is 7.54. The van der Waals surface area contributed by atoms with Gasteiger partial charge in [-0.3, -0.25) is 0 Å². The molecule has 1 heterocycles. The van der Waals surface area contributed by atoms with Crippen molar-refractivity contribution in [3.63, 3.8) is 0 Å². The van der Waals surface area contributed by atoms with Crippen molar-refractivity contribution in [3.8, 4) is 0 Å². The van der Waals surface area contributed by atoms with E-state index >= 15 is 0 Å². The van der Waals surface area contributed by atoms with E-state index in [1.54, 1.807) is 0 Å². The molecular formula is C14H26N2O2. The van der Waals surface area contributed by atoms with Gasteiger partial charge in [-0.25, -0.2) is 4.98 Å².